The summed E-state index contributed by atoms with van der Waals surface area (Å²) < 4.78 is 4.20. The number of rotatable bonds is 2. The molecule has 0 unspecified atom stereocenters. The van der Waals surface area contributed by atoms with Gasteiger partial charge in [0.1, 0.15) is 12.2 Å². The molecule has 0 aliphatic rings. The van der Waals surface area contributed by atoms with Gasteiger partial charge in [0.15, 0.2) is 0 Å². The van der Waals surface area contributed by atoms with Crippen LogP contribution in [0.3, 0.4) is 0 Å². The molecule has 0 saturated heterocycles. The molecule has 0 aliphatic carbocycles. The number of hydrogen-bond donors (Lipinski definition) is 0. The smallest absolute Gasteiger partial charge is 1.00 e. The zero-order valence-electron chi connectivity index (χ0n) is 8.93. The predicted molar refractivity (Wildman–Crippen MR) is 29.5 cm³/mol. The molecule has 0 heterocycles. The molecule has 0 fully saturated rings. The molecule has 0 aromatic heterocycles. The first-order chi connectivity index (χ1) is 3.66. The van der Waals surface area contributed by atoms with Gasteiger partial charge in [0.25, 0.3) is 0 Å². The molecule has 3 nitrogen and oxygen atoms in total. The second-order valence-electron chi connectivity index (χ2n) is 1.45. The van der Waals surface area contributed by atoms with Gasteiger partial charge in [-0.1, -0.05) is 0 Å². The van der Waals surface area contributed by atoms with Gasteiger partial charge in [-0.25, -0.2) is 0 Å². The molecule has 0 aromatic carbocycles. The van der Waals surface area contributed by atoms with E-state index in [0.29, 0.717) is 0 Å². The number of carbonyl (C=O) groups excluding carboxylic acids is 2. The van der Waals surface area contributed by atoms with Crippen molar-refractivity contribution < 1.29 is 54.9 Å². The molecule has 0 radical (unpaired) electrons. The number of ether oxygens (including phenoxy) is 1. The SMILES string of the molecule is COC(=O)CC(C)=O.[H-].[H-].[Li+].[Li+]. The molecule has 0 atom stereocenters. The Morgan fingerprint density at radius 1 is 1.40 bits per heavy atom. The molecule has 0 spiro atoms. The topological polar surface area (TPSA) is 43.4 Å². The maximum absolute atomic E-state index is 10.2. The second kappa shape index (κ2) is 9.33. The van der Waals surface area contributed by atoms with E-state index in [2.05, 4.69) is 4.74 Å². The Morgan fingerprint density at radius 3 is 1.90 bits per heavy atom. The third kappa shape index (κ3) is 11.2. The van der Waals surface area contributed by atoms with Crippen LogP contribution in [0.4, 0.5) is 0 Å². The Hall–Kier alpha value is 0.335. The first-order valence-electron chi connectivity index (χ1n) is 2.23. The first-order valence-corrected chi connectivity index (χ1v) is 2.23. The molecule has 0 amide bonds. The summed E-state index contributed by atoms with van der Waals surface area (Å²) in [5.41, 5.74) is 0. The van der Waals surface area contributed by atoms with E-state index in [1.54, 1.807) is 0 Å². The average Bonchev–Trinajstić information content (AvgIpc) is 1.65. The minimum absolute atomic E-state index is 0. The summed E-state index contributed by atoms with van der Waals surface area (Å²) in [6.45, 7) is 1.34. The normalized spacial score (nSPS) is 6.60. The molecular formula is C5H10Li2O3. The van der Waals surface area contributed by atoms with Crippen molar-refractivity contribution in [2.45, 2.75) is 13.3 Å². The molecule has 5 heteroatoms. The summed E-state index contributed by atoms with van der Waals surface area (Å²) >= 11 is 0. The fourth-order valence-corrected chi connectivity index (χ4v) is 0.275. The molecule has 0 aliphatic heterocycles. The van der Waals surface area contributed by atoms with Crippen molar-refractivity contribution in [2.75, 3.05) is 7.11 Å². The summed E-state index contributed by atoms with van der Waals surface area (Å²) in [6.07, 6.45) is -0.115. The summed E-state index contributed by atoms with van der Waals surface area (Å²) in [7, 11) is 1.26. The van der Waals surface area contributed by atoms with E-state index in [4.69, 9.17) is 0 Å². The van der Waals surface area contributed by atoms with Crippen LogP contribution in [-0.2, 0) is 14.3 Å². The van der Waals surface area contributed by atoms with E-state index in [-0.39, 0.29) is 52.8 Å². The first kappa shape index (κ1) is 16.7. The van der Waals surface area contributed by atoms with Crippen LogP contribution in [0.25, 0.3) is 0 Å². The average molecular weight is 132 g/mol. The van der Waals surface area contributed by atoms with Crippen molar-refractivity contribution in [1.82, 2.24) is 0 Å². The Morgan fingerprint density at radius 2 is 1.80 bits per heavy atom. The maximum atomic E-state index is 10.2. The van der Waals surface area contributed by atoms with Gasteiger partial charge >= 0.3 is 43.7 Å². The summed E-state index contributed by atoms with van der Waals surface area (Å²) in [6, 6.07) is 0. The van der Waals surface area contributed by atoms with Crippen molar-refractivity contribution in [2.24, 2.45) is 0 Å². The minimum Gasteiger partial charge on any atom is -1.00 e. The zero-order valence-corrected chi connectivity index (χ0v) is 6.93. The van der Waals surface area contributed by atoms with Crippen molar-refractivity contribution in [3.63, 3.8) is 0 Å². The largest absolute Gasteiger partial charge is 1.00 e. The zero-order chi connectivity index (χ0) is 6.57. The number of ketones is 1. The van der Waals surface area contributed by atoms with Crippen LogP contribution >= 0.6 is 0 Å². The minimum atomic E-state index is -0.475. The third-order valence-corrected chi connectivity index (χ3v) is 0.621. The van der Waals surface area contributed by atoms with Gasteiger partial charge in [-0.05, 0) is 6.92 Å². The van der Waals surface area contributed by atoms with Gasteiger partial charge in [0, 0.05) is 0 Å². The Bertz CT molecular complexity index is 121. The van der Waals surface area contributed by atoms with Gasteiger partial charge in [-0.2, -0.15) is 0 Å². The van der Waals surface area contributed by atoms with Gasteiger partial charge in [-0.15, -0.1) is 0 Å². The number of Topliss-reactive ketones (excluding diaryl/α,β-unsaturated/α-hetero) is 1. The van der Waals surface area contributed by atoms with Crippen molar-refractivity contribution >= 4 is 11.8 Å². The van der Waals surface area contributed by atoms with Crippen LogP contribution < -0.4 is 37.7 Å². The van der Waals surface area contributed by atoms with E-state index in [0.717, 1.165) is 0 Å². The van der Waals surface area contributed by atoms with Crippen molar-refractivity contribution in [1.29, 1.82) is 0 Å². The van der Waals surface area contributed by atoms with Crippen LogP contribution in [0.2, 0.25) is 0 Å². The van der Waals surface area contributed by atoms with E-state index >= 15 is 0 Å². The van der Waals surface area contributed by atoms with E-state index in [9.17, 15) is 9.59 Å². The fraction of sp³-hybridized carbons (Fsp3) is 0.600. The monoisotopic (exact) mass is 132 g/mol. The third-order valence-electron chi connectivity index (χ3n) is 0.621. The summed E-state index contributed by atoms with van der Waals surface area (Å²) in [5, 5.41) is 0. The Kier molecular flexibility index (Phi) is 15.6. The summed E-state index contributed by atoms with van der Waals surface area (Å²) in [4.78, 5) is 20.3. The second-order valence-corrected chi connectivity index (χ2v) is 1.45. The number of hydrogen-bond acceptors (Lipinski definition) is 3. The summed E-state index contributed by atoms with van der Waals surface area (Å²) in [5.74, 6) is -0.644. The van der Waals surface area contributed by atoms with Crippen LogP contribution in [-0.4, -0.2) is 18.9 Å². The number of carbonyl (C=O) groups is 2. The van der Waals surface area contributed by atoms with Gasteiger partial charge in [-0.3, -0.25) is 9.59 Å². The molecule has 0 saturated carbocycles. The number of methoxy groups -OCH3 is 1. The molecule has 0 rings (SSSR count). The van der Waals surface area contributed by atoms with E-state index < -0.39 is 5.97 Å². The molecule has 0 N–H and O–H groups in total. The quantitative estimate of drug-likeness (QED) is 0.214. The van der Waals surface area contributed by atoms with E-state index in [1.807, 2.05) is 0 Å². The van der Waals surface area contributed by atoms with Gasteiger partial charge in [0.2, 0.25) is 0 Å². The fourth-order valence-electron chi connectivity index (χ4n) is 0.275. The van der Waals surface area contributed by atoms with Crippen molar-refractivity contribution in [3.8, 4) is 0 Å². The van der Waals surface area contributed by atoms with Crippen LogP contribution in [0, 0.1) is 0 Å². The number of esters is 1. The van der Waals surface area contributed by atoms with Gasteiger partial charge in [0.05, 0.1) is 7.11 Å². The standard InChI is InChI=1S/C5H8O3.2Li.2H/c1-4(6)3-5(7)8-2;;;;/h3H2,1-2H3;;;;/q;2*+1;2*-1. The van der Waals surface area contributed by atoms with E-state index in [1.165, 1.54) is 14.0 Å². The van der Waals surface area contributed by atoms with Gasteiger partial charge < -0.3 is 7.59 Å². The predicted octanol–water partition coefficient (Wildman–Crippen LogP) is -5.63. The van der Waals surface area contributed by atoms with Crippen LogP contribution in [0.15, 0.2) is 0 Å². The molecular weight excluding hydrogens is 122 g/mol. The molecule has 0 bridgehead atoms. The molecule has 50 valence electrons. The Balaban J connectivity index is -0.0000000408. The molecule has 0 aromatic rings. The molecule has 10 heavy (non-hydrogen) atoms. The maximum Gasteiger partial charge on any atom is 1.00 e. The van der Waals surface area contributed by atoms with Crippen LogP contribution in [0.1, 0.15) is 16.2 Å². The van der Waals surface area contributed by atoms with Crippen LogP contribution in [0.5, 0.6) is 0 Å². The van der Waals surface area contributed by atoms with Crippen molar-refractivity contribution in [3.05, 3.63) is 0 Å². The Labute approximate surface area is 87.2 Å².